The van der Waals surface area contributed by atoms with Crippen LogP contribution in [0.3, 0.4) is 0 Å². The second-order valence-electron chi connectivity index (χ2n) is 8.39. The zero-order valence-electron chi connectivity index (χ0n) is 23.7. The number of alkyl halides is 1. The molecule has 0 fully saturated rings. The van der Waals surface area contributed by atoms with E-state index in [2.05, 4.69) is 53.0 Å². The van der Waals surface area contributed by atoms with Gasteiger partial charge in [0.25, 0.3) is 5.91 Å². The Morgan fingerprint density at radius 2 is 1.50 bits per heavy atom. The van der Waals surface area contributed by atoms with Gasteiger partial charge in [0.05, 0.1) is 24.7 Å². The number of quaternary nitrogens is 1. The highest BCUT2D eigenvalue weighted by molar-refractivity contribution is 9.08. The Labute approximate surface area is 242 Å². The first-order chi connectivity index (χ1) is 18.3. The monoisotopic (exact) mass is 609 g/mol. The summed E-state index contributed by atoms with van der Waals surface area (Å²) in [4.78, 5) is 38.8. The molecule has 9 heteroatoms. The Bertz CT molecular complexity index is 1020. The number of hydrogen-bond donors (Lipinski definition) is 5. The molecule has 7 nitrogen and oxygen atoms in total. The molecule has 1 atom stereocenters. The van der Waals surface area contributed by atoms with Crippen molar-refractivity contribution in [2.45, 2.75) is 47.0 Å². The van der Waals surface area contributed by atoms with Gasteiger partial charge in [0.1, 0.15) is 0 Å². The molecule has 0 heterocycles. The molecule has 3 rings (SSSR count). The van der Waals surface area contributed by atoms with Crippen molar-refractivity contribution in [1.29, 1.82) is 0 Å². The first-order valence-corrected chi connectivity index (χ1v) is 15.5. The van der Waals surface area contributed by atoms with E-state index in [0.29, 0.717) is 53.5 Å². The Morgan fingerprint density at radius 3 is 2.03 bits per heavy atom. The highest BCUT2D eigenvalue weighted by Gasteiger charge is 2.33. The molecule has 1 aliphatic rings. The molecule has 0 saturated carbocycles. The predicted octanol–water partition coefficient (Wildman–Crippen LogP) is 4.25. The number of rotatable bonds is 10. The van der Waals surface area contributed by atoms with E-state index in [1.54, 1.807) is 36.4 Å². The number of thiol groups is 1. The lowest BCUT2D eigenvalue weighted by atomic mass is 9.82. The lowest BCUT2D eigenvalue weighted by Gasteiger charge is -2.22. The minimum Gasteiger partial charge on any atom is -0.398 e. The number of carbonyl (C=O) groups excluding carboxylic acids is 3. The van der Waals surface area contributed by atoms with Crippen molar-refractivity contribution < 1.29 is 19.3 Å². The molecule has 0 saturated heterocycles. The fraction of sp³-hybridized carbons (Fsp3) is 0.483. The number of halogens is 1. The quantitative estimate of drug-likeness (QED) is 0.102. The van der Waals surface area contributed by atoms with Gasteiger partial charge in [-0.15, -0.1) is 0 Å². The van der Waals surface area contributed by atoms with Crippen LogP contribution in [0.25, 0.3) is 0 Å². The standard InChI is InChI=1S/C22H26N4O3S.C4H10.C2H6.CH3Br/c1-26(13-18(27)25-10-12-30)11-4-9-24-17-8-7-16(23)19-20(17)22(29)15-6-3-2-5-14(15)21(19)28;1-3-4-2;2*1-2/h2-3,5-8,24,30H,4,9-13,23H2,1H3,(H,25,27);3-4H2,1-2H3;1-2H3;1H3/p+1. The molecule has 0 spiro atoms. The molecule has 0 aliphatic heterocycles. The molecule has 1 amide bonds. The summed E-state index contributed by atoms with van der Waals surface area (Å²) in [6.07, 6.45) is 3.43. The van der Waals surface area contributed by atoms with E-state index in [9.17, 15) is 14.4 Å². The Kier molecular flexibility index (Phi) is 19.3. The number of fused-ring (bicyclic) bond motifs is 2. The van der Waals surface area contributed by atoms with Crippen molar-refractivity contribution in [3.8, 4) is 0 Å². The second kappa shape index (κ2) is 20.6. The van der Waals surface area contributed by atoms with E-state index in [4.69, 9.17) is 5.73 Å². The maximum Gasteiger partial charge on any atom is 0.275 e. The van der Waals surface area contributed by atoms with Crippen LogP contribution in [0.2, 0.25) is 0 Å². The highest BCUT2D eigenvalue weighted by atomic mass is 79.9. The number of anilines is 2. The molecule has 0 bridgehead atoms. The molecule has 1 unspecified atom stereocenters. The van der Waals surface area contributed by atoms with Crippen LogP contribution >= 0.6 is 28.6 Å². The first kappa shape index (κ1) is 35.6. The summed E-state index contributed by atoms with van der Waals surface area (Å²) in [6, 6.07) is 10.2. The van der Waals surface area contributed by atoms with Crippen LogP contribution < -0.4 is 21.3 Å². The van der Waals surface area contributed by atoms with Crippen molar-refractivity contribution >= 4 is 57.4 Å². The third-order valence-corrected chi connectivity index (χ3v) is 5.82. The third kappa shape index (κ3) is 10.8. The lowest BCUT2D eigenvalue weighted by Crippen LogP contribution is -3.10. The van der Waals surface area contributed by atoms with Crippen LogP contribution in [0.4, 0.5) is 11.4 Å². The number of hydrogen-bond acceptors (Lipinski definition) is 6. The molecular weight excluding hydrogens is 564 g/mol. The van der Waals surface area contributed by atoms with E-state index < -0.39 is 0 Å². The van der Waals surface area contributed by atoms with Gasteiger partial charge >= 0.3 is 0 Å². The summed E-state index contributed by atoms with van der Waals surface area (Å²) in [5, 5.41) is 6.08. The smallest absolute Gasteiger partial charge is 0.275 e. The average molecular weight is 611 g/mol. The number of carbonyl (C=O) groups is 3. The minimum atomic E-state index is -0.224. The van der Waals surface area contributed by atoms with Gasteiger partial charge in [0.2, 0.25) is 0 Å². The molecule has 0 aromatic heterocycles. The molecule has 0 radical (unpaired) electrons. The van der Waals surface area contributed by atoms with E-state index >= 15 is 0 Å². The number of unbranched alkanes of at least 4 members (excludes halogenated alkanes) is 1. The maximum absolute atomic E-state index is 13.1. The molecule has 5 N–H and O–H groups in total. The van der Waals surface area contributed by atoms with Gasteiger partial charge in [-0.25, -0.2) is 0 Å². The van der Waals surface area contributed by atoms with Crippen LogP contribution in [0.1, 0.15) is 78.8 Å². The van der Waals surface area contributed by atoms with Gasteiger partial charge in [-0.05, 0) is 18.0 Å². The van der Waals surface area contributed by atoms with Crippen molar-refractivity contribution in [3.63, 3.8) is 0 Å². The van der Waals surface area contributed by atoms with Crippen molar-refractivity contribution in [1.82, 2.24) is 5.32 Å². The normalized spacial score (nSPS) is 11.7. The fourth-order valence-corrected chi connectivity index (χ4v) is 3.74. The topological polar surface area (TPSA) is 106 Å². The summed E-state index contributed by atoms with van der Waals surface area (Å²) in [6.45, 7) is 10.7. The van der Waals surface area contributed by atoms with E-state index in [0.717, 1.165) is 17.9 Å². The van der Waals surface area contributed by atoms with Gasteiger partial charge in [0, 0.05) is 47.8 Å². The third-order valence-electron chi connectivity index (χ3n) is 5.60. The van der Waals surface area contributed by atoms with Crippen molar-refractivity contribution in [2.24, 2.45) is 0 Å². The van der Waals surface area contributed by atoms with E-state index in [-0.39, 0.29) is 23.0 Å². The van der Waals surface area contributed by atoms with Gasteiger partial charge in [-0.2, -0.15) is 12.6 Å². The molecule has 2 aromatic carbocycles. The fourth-order valence-electron chi connectivity index (χ4n) is 3.63. The highest BCUT2D eigenvalue weighted by Crippen LogP contribution is 2.35. The second-order valence-corrected chi connectivity index (χ2v) is 8.84. The molecule has 212 valence electrons. The SMILES string of the molecule is CBr.CC.CCCC.C[NH+](CCCNc1ccc(N)c2c1C(=O)c1ccccc1C2=O)CC(=O)NCCS. The van der Waals surface area contributed by atoms with E-state index in [1.165, 1.54) is 12.8 Å². The summed E-state index contributed by atoms with van der Waals surface area (Å²) < 4.78 is 0. The van der Waals surface area contributed by atoms with Crippen LogP contribution in [-0.2, 0) is 4.79 Å². The lowest BCUT2D eigenvalue weighted by molar-refractivity contribution is -0.871. The number of amides is 1. The number of benzene rings is 2. The first-order valence-electron chi connectivity index (χ1n) is 13.3. The molecule has 38 heavy (non-hydrogen) atoms. The van der Waals surface area contributed by atoms with Crippen molar-refractivity contribution in [2.75, 3.05) is 55.9 Å². The Hall–Kier alpha value is -2.36. The predicted molar refractivity (Wildman–Crippen MR) is 168 cm³/mol. The van der Waals surface area contributed by atoms with Gasteiger partial charge in [0.15, 0.2) is 18.1 Å². The maximum atomic E-state index is 13.1. The zero-order valence-corrected chi connectivity index (χ0v) is 26.2. The molecular formula is C29H46BrN4O3S+. The Morgan fingerprint density at radius 1 is 0.947 bits per heavy atom. The van der Waals surface area contributed by atoms with E-state index in [1.807, 2.05) is 26.7 Å². The van der Waals surface area contributed by atoms with Crippen LogP contribution in [-0.4, -0.2) is 62.3 Å². The summed E-state index contributed by atoms with van der Waals surface area (Å²) in [5.74, 6) is 2.01. The van der Waals surface area contributed by atoms with Gasteiger partial charge in [-0.1, -0.05) is 80.7 Å². The number of ketones is 2. The number of nitrogens with two attached hydrogens (primary N) is 1. The molecule has 2 aromatic rings. The zero-order chi connectivity index (χ0) is 29.1. The largest absolute Gasteiger partial charge is 0.398 e. The minimum absolute atomic E-state index is 0.00453. The van der Waals surface area contributed by atoms with Gasteiger partial charge < -0.3 is 21.3 Å². The summed E-state index contributed by atoms with van der Waals surface area (Å²) in [7, 11) is 1.96. The van der Waals surface area contributed by atoms with Crippen LogP contribution in [0.15, 0.2) is 36.4 Å². The Balaban J connectivity index is 0.00000153. The van der Waals surface area contributed by atoms with Crippen molar-refractivity contribution in [3.05, 3.63) is 58.7 Å². The summed E-state index contributed by atoms with van der Waals surface area (Å²) in [5.41, 5.74) is 8.36. The van der Waals surface area contributed by atoms with Crippen LogP contribution in [0.5, 0.6) is 0 Å². The van der Waals surface area contributed by atoms with Crippen LogP contribution in [0, 0.1) is 0 Å². The summed E-state index contributed by atoms with van der Waals surface area (Å²) >= 11 is 7.01. The number of likely N-dealkylation sites (N-methyl/N-ethyl adjacent to an activating group) is 1. The number of nitrogens with one attached hydrogen (secondary N) is 3. The van der Waals surface area contributed by atoms with Gasteiger partial charge in [-0.3, -0.25) is 14.4 Å². The average Bonchev–Trinajstić information content (AvgIpc) is 2.95. The molecule has 1 aliphatic carbocycles. The number of nitrogen functional groups attached to an aromatic ring is 1.